The Morgan fingerprint density at radius 1 is 1.14 bits per heavy atom. The van der Waals surface area contributed by atoms with Crippen LogP contribution in [0.2, 0.25) is 5.02 Å². The predicted molar refractivity (Wildman–Crippen MR) is 126 cm³/mol. The molecular formula is C26H26ClFN2O5. The fourth-order valence-electron chi connectivity index (χ4n) is 4.82. The highest BCUT2D eigenvalue weighted by Gasteiger charge is 2.66. The van der Waals surface area contributed by atoms with Gasteiger partial charge in [-0.25, -0.2) is 14.4 Å². The third-order valence-corrected chi connectivity index (χ3v) is 6.85. The molecule has 1 aliphatic carbocycles. The first-order valence-electron chi connectivity index (χ1n) is 11.5. The van der Waals surface area contributed by atoms with Gasteiger partial charge in [-0.15, -0.1) is 0 Å². The second kappa shape index (κ2) is 8.29. The number of pyridine rings is 1. The number of hydrogen-bond acceptors (Lipinski definition) is 7. The lowest BCUT2D eigenvalue weighted by Crippen LogP contribution is -2.44. The summed E-state index contributed by atoms with van der Waals surface area (Å²) < 4.78 is 31.6. The molecule has 0 saturated heterocycles. The highest BCUT2D eigenvalue weighted by atomic mass is 35.5. The van der Waals surface area contributed by atoms with E-state index in [1.165, 1.54) is 6.20 Å². The van der Waals surface area contributed by atoms with Crippen molar-refractivity contribution in [3.63, 3.8) is 0 Å². The van der Waals surface area contributed by atoms with Gasteiger partial charge in [0.25, 0.3) is 0 Å². The lowest BCUT2D eigenvalue weighted by Gasteiger charge is -2.39. The number of Topliss-reactive ketones (excluding diaryl/α,β-unsaturated/α-hetero) is 1. The van der Waals surface area contributed by atoms with Crippen molar-refractivity contribution >= 4 is 29.3 Å². The molecule has 1 fully saturated rings. The molecule has 1 aromatic carbocycles. The summed E-state index contributed by atoms with van der Waals surface area (Å²) in [6.07, 6.45) is 2.99. The average molecular weight is 501 g/mol. The van der Waals surface area contributed by atoms with Crippen molar-refractivity contribution in [2.24, 2.45) is 10.4 Å². The minimum absolute atomic E-state index is 0.0444. The average Bonchev–Trinajstić information content (AvgIpc) is 3.43. The van der Waals surface area contributed by atoms with Crippen LogP contribution >= 0.6 is 11.6 Å². The van der Waals surface area contributed by atoms with Gasteiger partial charge in [0.1, 0.15) is 35.6 Å². The summed E-state index contributed by atoms with van der Waals surface area (Å²) in [5.41, 5.74) is -0.282. The maximum absolute atomic E-state index is 14.2. The number of esters is 1. The SMILES string of the molecule is CC(C)(C)OC(=O)CC1=NC2(CO1)c1cc(CC(=O)c3ncc(Cl)cc3F)ccc1OCC21CC1. The Balaban J connectivity index is 1.44. The van der Waals surface area contributed by atoms with Crippen molar-refractivity contribution in [1.82, 2.24) is 4.98 Å². The Morgan fingerprint density at radius 3 is 2.60 bits per heavy atom. The molecule has 0 radical (unpaired) electrons. The fraction of sp³-hybridized carbons (Fsp3) is 0.462. The van der Waals surface area contributed by atoms with E-state index in [1.54, 1.807) is 6.07 Å². The number of aromatic nitrogens is 1. The van der Waals surface area contributed by atoms with E-state index < -0.39 is 28.7 Å². The second-order valence-corrected chi connectivity index (χ2v) is 10.8. The highest BCUT2D eigenvalue weighted by Crippen LogP contribution is 2.65. The number of ketones is 1. The third kappa shape index (κ3) is 4.40. The molecule has 0 N–H and O–H groups in total. The molecule has 3 heterocycles. The van der Waals surface area contributed by atoms with Crippen molar-refractivity contribution in [3.05, 3.63) is 58.1 Å². The molecule has 7 nitrogen and oxygen atoms in total. The number of aliphatic imine (C=N–C) groups is 1. The second-order valence-electron chi connectivity index (χ2n) is 10.4. The third-order valence-electron chi connectivity index (χ3n) is 6.64. The quantitative estimate of drug-likeness (QED) is 0.432. The van der Waals surface area contributed by atoms with Gasteiger partial charge in [0.2, 0.25) is 0 Å². The Bertz CT molecular complexity index is 1250. The maximum atomic E-state index is 14.2. The molecule has 2 aromatic rings. The summed E-state index contributed by atoms with van der Waals surface area (Å²) in [4.78, 5) is 34.0. The van der Waals surface area contributed by atoms with Gasteiger partial charge in [-0.3, -0.25) is 9.59 Å². The number of carbonyl (C=O) groups excluding carboxylic acids is 2. The smallest absolute Gasteiger partial charge is 0.315 e. The molecule has 1 atom stereocenters. The summed E-state index contributed by atoms with van der Waals surface area (Å²) >= 11 is 5.76. The number of fused-ring (bicyclic) bond motifs is 3. The topological polar surface area (TPSA) is 87.1 Å². The van der Waals surface area contributed by atoms with Crippen molar-refractivity contribution in [1.29, 1.82) is 0 Å². The number of halogens is 2. The molecule has 1 saturated carbocycles. The van der Waals surface area contributed by atoms with Gasteiger partial charge in [0.05, 0.1) is 11.6 Å². The number of ether oxygens (including phenoxy) is 3. The lowest BCUT2D eigenvalue weighted by atomic mass is 9.74. The summed E-state index contributed by atoms with van der Waals surface area (Å²) in [5.74, 6) is -0.601. The molecule has 2 aliphatic heterocycles. The van der Waals surface area contributed by atoms with E-state index in [-0.39, 0.29) is 35.6 Å². The number of nitrogens with zero attached hydrogens (tertiary/aromatic N) is 2. The number of carbonyl (C=O) groups is 2. The normalized spacial score (nSPS) is 21.7. The molecule has 2 spiro atoms. The molecule has 1 aromatic heterocycles. The van der Waals surface area contributed by atoms with Crippen molar-refractivity contribution < 1.29 is 28.2 Å². The Morgan fingerprint density at radius 2 is 1.91 bits per heavy atom. The van der Waals surface area contributed by atoms with Crippen molar-refractivity contribution in [2.75, 3.05) is 13.2 Å². The highest BCUT2D eigenvalue weighted by molar-refractivity contribution is 6.30. The van der Waals surface area contributed by atoms with Crippen LogP contribution in [0.1, 0.15) is 61.6 Å². The lowest BCUT2D eigenvalue weighted by molar-refractivity contribution is -0.153. The minimum atomic E-state index is -0.752. The molecule has 1 unspecified atom stereocenters. The van der Waals surface area contributed by atoms with E-state index in [2.05, 4.69) is 4.98 Å². The molecule has 9 heteroatoms. The van der Waals surface area contributed by atoms with Crippen LogP contribution in [-0.4, -0.2) is 41.4 Å². The summed E-state index contributed by atoms with van der Waals surface area (Å²) in [6.45, 7) is 6.22. The zero-order valence-electron chi connectivity index (χ0n) is 19.8. The zero-order valence-corrected chi connectivity index (χ0v) is 20.6. The van der Waals surface area contributed by atoms with Crippen molar-refractivity contribution in [2.45, 2.75) is 57.6 Å². The van der Waals surface area contributed by atoms with Crippen LogP contribution in [0.3, 0.4) is 0 Å². The number of hydrogen-bond donors (Lipinski definition) is 0. The van der Waals surface area contributed by atoms with Gasteiger partial charge >= 0.3 is 5.97 Å². The zero-order chi connectivity index (χ0) is 25.0. The summed E-state index contributed by atoms with van der Waals surface area (Å²) in [7, 11) is 0. The summed E-state index contributed by atoms with van der Waals surface area (Å²) in [6, 6.07) is 6.54. The van der Waals surface area contributed by atoms with Gasteiger partial charge in [-0.05, 0) is 57.4 Å². The van der Waals surface area contributed by atoms with Crippen LogP contribution in [0.15, 0.2) is 35.5 Å². The van der Waals surface area contributed by atoms with Gasteiger partial charge in [-0.2, -0.15) is 0 Å². The molecule has 5 rings (SSSR count). The Labute approximate surface area is 207 Å². The van der Waals surface area contributed by atoms with Gasteiger partial charge < -0.3 is 14.2 Å². The standard InChI is InChI=1S/C26H26ClFN2O5/c1-24(2,3)35-22(32)11-21-30-26(14-34-21)17-8-15(4-5-20(17)33-13-25(26)6-7-25)9-19(31)23-18(28)10-16(27)12-29-23/h4-5,8,10,12H,6-7,9,11,13-14H2,1-3H3. The van der Waals surface area contributed by atoms with Gasteiger partial charge in [0, 0.05) is 23.6 Å². The molecule has 3 aliphatic rings. The van der Waals surface area contributed by atoms with Crippen LogP contribution in [0.5, 0.6) is 5.75 Å². The van der Waals surface area contributed by atoms with E-state index in [1.807, 2.05) is 32.9 Å². The van der Waals surface area contributed by atoms with E-state index in [4.69, 9.17) is 30.8 Å². The van der Waals surface area contributed by atoms with E-state index in [9.17, 15) is 14.0 Å². The van der Waals surface area contributed by atoms with Crippen LogP contribution in [0.25, 0.3) is 0 Å². The van der Waals surface area contributed by atoms with E-state index in [0.29, 0.717) is 23.8 Å². The predicted octanol–water partition coefficient (Wildman–Crippen LogP) is 4.83. The minimum Gasteiger partial charge on any atom is -0.493 e. The fourth-order valence-corrected chi connectivity index (χ4v) is 4.97. The van der Waals surface area contributed by atoms with E-state index >= 15 is 0 Å². The first-order valence-corrected chi connectivity index (χ1v) is 11.9. The number of rotatable bonds is 5. The Hall–Kier alpha value is -3.00. The maximum Gasteiger partial charge on any atom is 0.315 e. The van der Waals surface area contributed by atoms with Gasteiger partial charge in [0.15, 0.2) is 17.5 Å². The summed E-state index contributed by atoms with van der Waals surface area (Å²) in [5, 5.41) is 0.128. The van der Waals surface area contributed by atoms with E-state index in [0.717, 1.165) is 24.5 Å². The van der Waals surface area contributed by atoms with Crippen molar-refractivity contribution in [3.8, 4) is 5.75 Å². The monoisotopic (exact) mass is 500 g/mol. The van der Waals surface area contributed by atoms with Crippen LogP contribution < -0.4 is 4.74 Å². The molecule has 35 heavy (non-hydrogen) atoms. The first-order chi connectivity index (χ1) is 16.5. The van der Waals surface area contributed by atoms with Crippen LogP contribution in [0.4, 0.5) is 4.39 Å². The Kier molecular flexibility index (Phi) is 5.62. The molecule has 184 valence electrons. The largest absolute Gasteiger partial charge is 0.493 e. The number of benzene rings is 1. The molecule has 0 amide bonds. The molecular weight excluding hydrogens is 475 g/mol. The molecule has 0 bridgehead atoms. The van der Waals surface area contributed by atoms with Gasteiger partial charge in [-0.1, -0.05) is 17.7 Å². The van der Waals surface area contributed by atoms with Crippen LogP contribution in [0, 0.1) is 11.2 Å². The van der Waals surface area contributed by atoms with Crippen LogP contribution in [-0.2, 0) is 26.2 Å². The first kappa shape index (κ1) is 23.7.